The maximum atomic E-state index is 13.0. The van der Waals surface area contributed by atoms with Crippen LogP contribution in [-0.2, 0) is 28.8 Å². The summed E-state index contributed by atoms with van der Waals surface area (Å²) in [5.41, 5.74) is 5.44. The molecule has 1 heterocycles. The van der Waals surface area contributed by atoms with Crippen molar-refractivity contribution in [2.75, 3.05) is 11.9 Å². The molecule has 39 heavy (non-hydrogen) atoms. The largest absolute Gasteiger partial charge is 0.478 e. The third kappa shape index (κ3) is 6.90. The van der Waals surface area contributed by atoms with Crippen LogP contribution in [0.1, 0.15) is 72.0 Å². The van der Waals surface area contributed by atoms with Gasteiger partial charge in [-0.3, -0.25) is 10.1 Å². The molecule has 9 heteroatoms. The lowest BCUT2D eigenvalue weighted by Gasteiger charge is -2.21. The van der Waals surface area contributed by atoms with E-state index in [1.807, 2.05) is 6.92 Å². The van der Waals surface area contributed by atoms with Gasteiger partial charge in [-0.1, -0.05) is 54.7 Å². The summed E-state index contributed by atoms with van der Waals surface area (Å²) in [5.74, 6) is -1.46. The lowest BCUT2D eigenvalue weighted by atomic mass is 9.87. The predicted octanol–water partition coefficient (Wildman–Crippen LogP) is 8.09. The molecule has 0 fully saturated rings. The lowest BCUT2D eigenvalue weighted by Crippen LogP contribution is -2.15. The molecule has 2 N–H and O–H groups in total. The van der Waals surface area contributed by atoms with Crippen molar-refractivity contribution in [1.82, 2.24) is 4.98 Å². The van der Waals surface area contributed by atoms with Crippen LogP contribution >= 0.6 is 34.5 Å². The molecule has 3 aromatic rings. The topological polar surface area (TPSA) is 88.5 Å². The molecule has 0 saturated carbocycles. The van der Waals surface area contributed by atoms with Gasteiger partial charge in [0.05, 0.1) is 21.8 Å². The first kappa shape index (κ1) is 29.3. The van der Waals surface area contributed by atoms with Crippen molar-refractivity contribution in [1.29, 1.82) is 0 Å². The number of hydrogen-bond donors (Lipinski definition) is 2. The normalized spacial score (nSPS) is 13.5. The highest BCUT2D eigenvalue weighted by Gasteiger charge is 2.24. The predicted molar refractivity (Wildman–Crippen MR) is 159 cm³/mol. The molecule has 1 aromatic heterocycles. The second-order valence-corrected chi connectivity index (χ2v) is 11.5. The molecule has 2 aromatic carbocycles. The number of anilines is 1. The fourth-order valence-electron chi connectivity index (χ4n) is 4.90. The van der Waals surface area contributed by atoms with Crippen LogP contribution in [0, 0.1) is 0 Å². The number of nitrogens with zero attached hydrogens (tertiary/aromatic N) is 1. The fraction of sp³-hybridized carbons (Fsp3) is 0.367. The first-order valence-corrected chi connectivity index (χ1v) is 14.7. The average molecular weight is 588 g/mol. The number of carboxylic acid groups (broad SMARTS) is 1. The van der Waals surface area contributed by atoms with Gasteiger partial charge in [0, 0.05) is 33.7 Å². The first-order chi connectivity index (χ1) is 18.7. The summed E-state index contributed by atoms with van der Waals surface area (Å²) in [6.07, 6.45) is 7.63. The van der Waals surface area contributed by atoms with Gasteiger partial charge in [0.25, 0.3) is 5.91 Å². The highest BCUT2D eigenvalue weighted by atomic mass is 35.5. The molecule has 0 bridgehead atoms. The molecule has 0 spiro atoms. The first-order valence-electron chi connectivity index (χ1n) is 13.2. The molecule has 0 radical (unpaired) electrons. The van der Waals surface area contributed by atoms with Crippen molar-refractivity contribution >= 4 is 57.6 Å². The monoisotopic (exact) mass is 586 g/mol. The minimum Gasteiger partial charge on any atom is -0.478 e. The van der Waals surface area contributed by atoms with Crippen LogP contribution in [0.3, 0.4) is 0 Å². The Labute approximate surface area is 243 Å². The molecule has 6 nitrogen and oxygen atoms in total. The number of amides is 1. The number of thiazole rings is 1. The van der Waals surface area contributed by atoms with Crippen molar-refractivity contribution in [3.63, 3.8) is 0 Å². The maximum Gasteiger partial charge on any atom is 0.331 e. The van der Waals surface area contributed by atoms with Crippen LogP contribution < -0.4 is 5.32 Å². The quantitative estimate of drug-likeness (QED) is 0.221. The van der Waals surface area contributed by atoms with Crippen LogP contribution in [-0.4, -0.2) is 34.7 Å². The molecular weight excluding hydrogens is 555 g/mol. The molecule has 1 atom stereocenters. The summed E-state index contributed by atoms with van der Waals surface area (Å²) in [7, 11) is 0. The Balaban J connectivity index is 1.53. The van der Waals surface area contributed by atoms with Gasteiger partial charge in [-0.15, -0.1) is 11.3 Å². The molecule has 0 aliphatic heterocycles. The van der Waals surface area contributed by atoms with E-state index < -0.39 is 5.97 Å². The van der Waals surface area contributed by atoms with E-state index in [0.29, 0.717) is 10.7 Å². The molecule has 1 aliphatic carbocycles. The molecule has 206 valence electrons. The van der Waals surface area contributed by atoms with Gasteiger partial charge in [-0.25, -0.2) is 9.78 Å². The molecule has 0 saturated heterocycles. The van der Waals surface area contributed by atoms with E-state index in [2.05, 4.69) is 30.4 Å². The summed E-state index contributed by atoms with van der Waals surface area (Å²) < 4.78 is 5.93. The Bertz CT molecular complexity index is 1390. The Morgan fingerprint density at radius 1 is 1.18 bits per heavy atom. The minimum absolute atomic E-state index is 0.0860. The second-order valence-electron chi connectivity index (χ2n) is 9.58. The number of carbonyl (C=O) groups excluding carboxylic acids is 1. The lowest BCUT2D eigenvalue weighted by molar-refractivity contribution is -0.132. The number of hydrogen-bond acceptors (Lipinski definition) is 5. The van der Waals surface area contributed by atoms with Gasteiger partial charge < -0.3 is 9.84 Å². The zero-order valence-corrected chi connectivity index (χ0v) is 24.6. The van der Waals surface area contributed by atoms with Crippen molar-refractivity contribution in [2.45, 2.75) is 65.4 Å². The number of aliphatic carboxylic acids is 1. The zero-order chi connectivity index (χ0) is 28.1. The van der Waals surface area contributed by atoms with E-state index in [0.717, 1.165) is 61.3 Å². The number of carbonyl (C=O) groups is 2. The van der Waals surface area contributed by atoms with Crippen molar-refractivity contribution in [2.24, 2.45) is 0 Å². The summed E-state index contributed by atoms with van der Waals surface area (Å²) in [4.78, 5) is 30.1. The van der Waals surface area contributed by atoms with Crippen LogP contribution in [0.4, 0.5) is 5.13 Å². The van der Waals surface area contributed by atoms with Gasteiger partial charge in [0.15, 0.2) is 5.13 Å². The SMILES string of the molecule is CCCC(CCc1cccc2c1CCc1sc(NC(=O)c3cc(Cl)c(/C=C(\C)C(=O)O)c(Cl)c3)nc1-2)OCC. The number of aromatic nitrogens is 1. The van der Waals surface area contributed by atoms with Crippen molar-refractivity contribution in [3.05, 3.63) is 73.1 Å². The zero-order valence-electron chi connectivity index (χ0n) is 22.3. The number of carboxylic acids is 1. The smallest absolute Gasteiger partial charge is 0.331 e. The Morgan fingerprint density at radius 3 is 2.59 bits per heavy atom. The van der Waals surface area contributed by atoms with Gasteiger partial charge in [-0.2, -0.15) is 0 Å². The summed E-state index contributed by atoms with van der Waals surface area (Å²) in [6, 6.07) is 9.36. The molecule has 4 rings (SSSR count). The summed E-state index contributed by atoms with van der Waals surface area (Å²) in [5, 5.41) is 12.9. The van der Waals surface area contributed by atoms with E-state index in [1.54, 1.807) is 0 Å². The van der Waals surface area contributed by atoms with Gasteiger partial charge >= 0.3 is 5.97 Å². The molecule has 1 unspecified atom stereocenters. The number of halogens is 2. The summed E-state index contributed by atoms with van der Waals surface area (Å²) in [6.45, 7) is 6.42. The summed E-state index contributed by atoms with van der Waals surface area (Å²) >= 11 is 14.2. The van der Waals surface area contributed by atoms with E-state index in [4.69, 9.17) is 38.0 Å². The average Bonchev–Trinajstić information content (AvgIpc) is 3.32. The van der Waals surface area contributed by atoms with Crippen LogP contribution in [0.15, 0.2) is 35.9 Å². The molecular formula is C30H32Cl2N2O4S. The highest BCUT2D eigenvalue weighted by molar-refractivity contribution is 7.16. The van der Waals surface area contributed by atoms with Crippen molar-refractivity contribution < 1.29 is 19.4 Å². The third-order valence-corrected chi connectivity index (χ3v) is 8.49. The number of ether oxygens (including phenoxy) is 1. The van der Waals surface area contributed by atoms with Gasteiger partial charge in [0.1, 0.15) is 0 Å². The number of aryl methyl sites for hydroxylation is 2. The highest BCUT2D eigenvalue weighted by Crippen LogP contribution is 2.40. The van der Waals surface area contributed by atoms with Gasteiger partial charge in [-0.05, 0) is 75.3 Å². The Morgan fingerprint density at radius 2 is 1.92 bits per heavy atom. The standard InChI is InChI=1S/C30H32Cl2N2O4S/c1-4-7-20(38-5-2)11-10-18-8-6-9-22-21(18)12-13-26-27(22)33-30(39-26)34-28(35)19-15-24(31)23(25(32)16-19)14-17(3)29(36)37/h6,8-9,14-16,20H,4-5,7,10-13H2,1-3H3,(H,36,37)(H,33,34,35)/b17-14+. The second kappa shape index (κ2) is 13.1. The Hall–Kier alpha value is -2.71. The minimum atomic E-state index is -1.07. The number of nitrogens with one attached hydrogen (secondary N) is 1. The van der Waals surface area contributed by atoms with Crippen LogP contribution in [0.25, 0.3) is 17.3 Å². The number of benzene rings is 2. The van der Waals surface area contributed by atoms with E-state index in [-0.39, 0.29) is 33.2 Å². The van der Waals surface area contributed by atoms with Gasteiger partial charge in [0.2, 0.25) is 0 Å². The van der Waals surface area contributed by atoms with Crippen LogP contribution in [0.2, 0.25) is 10.0 Å². The van der Waals surface area contributed by atoms with E-state index >= 15 is 0 Å². The Kier molecular flexibility index (Phi) is 9.83. The number of fused-ring (bicyclic) bond motifs is 3. The number of rotatable bonds is 11. The molecule has 1 aliphatic rings. The molecule has 1 amide bonds. The van der Waals surface area contributed by atoms with E-state index in [9.17, 15) is 9.59 Å². The maximum absolute atomic E-state index is 13.0. The van der Waals surface area contributed by atoms with Crippen LogP contribution in [0.5, 0.6) is 0 Å². The fourth-order valence-corrected chi connectivity index (χ4v) is 6.46. The third-order valence-electron chi connectivity index (χ3n) is 6.84. The van der Waals surface area contributed by atoms with E-state index in [1.165, 1.54) is 47.6 Å². The van der Waals surface area contributed by atoms with Crippen molar-refractivity contribution in [3.8, 4) is 11.3 Å².